The second kappa shape index (κ2) is 7.50. The van der Waals surface area contributed by atoms with Crippen molar-refractivity contribution in [1.82, 2.24) is 25.1 Å². The zero-order chi connectivity index (χ0) is 15.9. The Morgan fingerprint density at radius 3 is 2.91 bits per heavy atom. The van der Waals surface area contributed by atoms with Crippen LogP contribution in [0.5, 0.6) is 0 Å². The predicted octanol–water partition coefficient (Wildman–Crippen LogP) is 1.25. The van der Waals surface area contributed by atoms with Crippen molar-refractivity contribution < 1.29 is 14.3 Å². The van der Waals surface area contributed by atoms with Gasteiger partial charge < -0.3 is 10.1 Å². The fourth-order valence-electron chi connectivity index (χ4n) is 1.69. The maximum Gasteiger partial charge on any atom is 0.412 e. The average Bonchev–Trinajstić information content (AvgIpc) is 3.13. The van der Waals surface area contributed by atoms with Crippen LogP contribution in [0.25, 0.3) is 0 Å². The lowest BCUT2D eigenvalue weighted by molar-refractivity contribution is 0.0946. The third kappa shape index (κ3) is 3.79. The Morgan fingerprint density at radius 2 is 2.18 bits per heavy atom. The van der Waals surface area contributed by atoms with Crippen molar-refractivity contribution in [1.29, 1.82) is 0 Å². The van der Waals surface area contributed by atoms with Crippen LogP contribution in [0.15, 0.2) is 11.8 Å². The molecule has 0 spiro atoms. The van der Waals surface area contributed by atoms with Gasteiger partial charge in [-0.25, -0.2) is 19.4 Å². The van der Waals surface area contributed by atoms with E-state index in [1.54, 1.807) is 11.6 Å². The molecular weight excluding hydrogens is 308 g/mol. The number of aromatic nitrogens is 4. The van der Waals surface area contributed by atoms with E-state index >= 15 is 0 Å². The molecular formula is C12H16N6O3S. The Bertz CT molecular complexity index is 653. The largest absolute Gasteiger partial charge is 0.450 e. The number of amides is 2. The maximum atomic E-state index is 12.1. The van der Waals surface area contributed by atoms with Gasteiger partial charge in [0.2, 0.25) is 0 Å². The number of anilines is 1. The lowest BCUT2D eigenvalue weighted by Gasteiger charge is -2.07. The molecule has 0 aliphatic rings. The topological polar surface area (TPSA) is 111 Å². The van der Waals surface area contributed by atoms with Crippen molar-refractivity contribution in [3.63, 3.8) is 0 Å². The number of nitrogens with zero attached hydrogens (tertiary/aromatic N) is 4. The van der Waals surface area contributed by atoms with E-state index in [0.29, 0.717) is 17.4 Å². The highest BCUT2D eigenvalue weighted by Crippen LogP contribution is 2.20. The minimum Gasteiger partial charge on any atom is -0.450 e. The molecule has 2 N–H and O–H groups in total. The van der Waals surface area contributed by atoms with E-state index in [1.165, 1.54) is 11.8 Å². The van der Waals surface area contributed by atoms with Crippen LogP contribution < -0.4 is 10.6 Å². The molecule has 2 amide bonds. The van der Waals surface area contributed by atoms with Crippen LogP contribution in [0.4, 0.5) is 9.80 Å². The summed E-state index contributed by atoms with van der Waals surface area (Å²) in [5.41, 5.74) is 1.62. The van der Waals surface area contributed by atoms with Crippen molar-refractivity contribution in [2.24, 2.45) is 0 Å². The molecule has 9 nitrogen and oxygen atoms in total. The van der Waals surface area contributed by atoms with Gasteiger partial charge in [0, 0.05) is 6.54 Å². The van der Waals surface area contributed by atoms with Crippen molar-refractivity contribution in [3.05, 3.63) is 23.4 Å². The summed E-state index contributed by atoms with van der Waals surface area (Å²) in [5, 5.41) is 9.55. The minimum atomic E-state index is -0.619. The molecule has 0 saturated carbocycles. The van der Waals surface area contributed by atoms with Gasteiger partial charge in [0.1, 0.15) is 17.2 Å². The van der Waals surface area contributed by atoms with Gasteiger partial charge >= 0.3 is 6.09 Å². The number of ether oxygens (including phenoxy) is 1. The quantitative estimate of drug-likeness (QED) is 0.827. The Kier molecular flexibility index (Phi) is 5.42. The lowest BCUT2D eigenvalue weighted by atomic mass is 10.4. The molecule has 0 radical (unpaired) electrons. The first-order valence-corrected chi connectivity index (χ1v) is 7.55. The summed E-state index contributed by atoms with van der Waals surface area (Å²) in [6.07, 6.45) is 0.813. The number of rotatable bonds is 6. The fraction of sp³-hybridized carbons (Fsp3) is 0.417. The summed E-state index contributed by atoms with van der Waals surface area (Å²) in [6, 6.07) is 0. The molecule has 2 aromatic rings. The smallest absolute Gasteiger partial charge is 0.412 e. The maximum absolute atomic E-state index is 12.1. The van der Waals surface area contributed by atoms with E-state index in [1.807, 2.05) is 6.92 Å². The van der Waals surface area contributed by atoms with Gasteiger partial charge in [0.05, 0.1) is 18.7 Å². The van der Waals surface area contributed by atoms with Crippen LogP contribution in [0.2, 0.25) is 0 Å². The number of hydrogen-bond donors (Lipinski definition) is 2. The van der Waals surface area contributed by atoms with Crippen LogP contribution in [0.1, 0.15) is 30.2 Å². The molecule has 0 aliphatic heterocycles. The third-order valence-corrected chi connectivity index (χ3v) is 3.42. The number of hydrogen-bond acceptors (Lipinski definition) is 7. The monoisotopic (exact) mass is 324 g/mol. The number of aryl methyl sites for hydroxylation is 1. The van der Waals surface area contributed by atoms with E-state index in [-0.39, 0.29) is 18.8 Å². The molecule has 2 rings (SSSR count). The lowest BCUT2D eigenvalue weighted by Crippen LogP contribution is -2.26. The standard InChI is InChI=1S/C12H16N6O3S/c1-3-18-8(14-6-16-18)5-13-10(19)9-11(22-7-15-9)17-12(20)21-4-2/h6-7H,3-5H2,1-2H3,(H,13,19)(H,17,20). The number of thiazole rings is 1. The molecule has 0 aromatic carbocycles. The van der Waals surface area contributed by atoms with E-state index in [9.17, 15) is 9.59 Å². The zero-order valence-corrected chi connectivity index (χ0v) is 13.0. The SMILES string of the molecule is CCOC(=O)Nc1scnc1C(=O)NCc1ncnn1CC. The molecule has 0 fully saturated rings. The molecule has 0 bridgehead atoms. The van der Waals surface area contributed by atoms with Gasteiger partial charge in [0.25, 0.3) is 5.91 Å². The van der Waals surface area contributed by atoms with E-state index in [4.69, 9.17) is 4.74 Å². The van der Waals surface area contributed by atoms with Gasteiger partial charge in [-0.1, -0.05) is 0 Å². The van der Waals surface area contributed by atoms with Crippen molar-refractivity contribution in [3.8, 4) is 0 Å². The van der Waals surface area contributed by atoms with Crippen LogP contribution in [0.3, 0.4) is 0 Å². The first-order chi connectivity index (χ1) is 10.7. The van der Waals surface area contributed by atoms with Crippen molar-refractivity contribution >= 4 is 28.3 Å². The van der Waals surface area contributed by atoms with E-state index in [0.717, 1.165) is 11.3 Å². The Labute approximate surface area is 130 Å². The average molecular weight is 324 g/mol. The normalized spacial score (nSPS) is 10.3. The van der Waals surface area contributed by atoms with E-state index < -0.39 is 12.0 Å². The highest BCUT2D eigenvalue weighted by Gasteiger charge is 2.17. The third-order valence-electron chi connectivity index (χ3n) is 2.68. The number of carbonyl (C=O) groups is 2. The summed E-state index contributed by atoms with van der Waals surface area (Å²) < 4.78 is 6.45. The van der Waals surface area contributed by atoms with Crippen molar-refractivity contribution in [2.45, 2.75) is 26.9 Å². The number of carbonyl (C=O) groups excluding carboxylic acids is 2. The second-order valence-electron chi connectivity index (χ2n) is 4.05. The minimum absolute atomic E-state index is 0.139. The fourth-order valence-corrected chi connectivity index (χ4v) is 2.35. The Morgan fingerprint density at radius 1 is 1.36 bits per heavy atom. The summed E-state index contributed by atoms with van der Waals surface area (Å²) in [5.74, 6) is 0.240. The second-order valence-corrected chi connectivity index (χ2v) is 4.91. The molecule has 0 unspecified atom stereocenters. The summed E-state index contributed by atoms with van der Waals surface area (Å²) in [7, 11) is 0. The first kappa shape index (κ1) is 15.9. The van der Waals surface area contributed by atoms with Crippen LogP contribution in [-0.2, 0) is 17.8 Å². The molecule has 0 saturated heterocycles. The highest BCUT2D eigenvalue weighted by molar-refractivity contribution is 7.14. The Hall–Kier alpha value is -2.49. The van der Waals surface area contributed by atoms with Crippen LogP contribution in [0, 0.1) is 0 Å². The van der Waals surface area contributed by atoms with E-state index in [2.05, 4.69) is 25.7 Å². The summed E-state index contributed by atoms with van der Waals surface area (Å²) >= 11 is 1.15. The number of nitrogens with one attached hydrogen (secondary N) is 2. The van der Waals surface area contributed by atoms with Crippen molar-refractivity contribution in [2.75, 3.05) is 11.9 Å². The molecule has 0 aliphatic carbocycles. The summed E-state index contributed by atoms with van der Waals surface area (Å²) in [4.78, 5) is 31.6. The predicted molar refractivity (Wildman–Crippen MR) is 79.6 cm³/mol. The Balaban J connectivity index is 1.98. The van der Waals surface area contributed by atoms with Gasteiger partial charge in [-0.05, 0) is 13.8 Å². The zero-order valence-electron chi connectivity index (χ0n) is 12.2. The highest BCUT2D eigenvalue weighted by atomic mass is 32.1. The molecule has 22 heavy (non-hydrogen) atoms. The van der Waals surface area contributed by atoms with Gasteiger partial charge in [-0.15, -0.1) is 11.3 Å². The first-order valence-electron chi connectivity index (χ1n) is 6.67. The van der Waals surface area contributed by atoms with Crippen LogP contribution in [-0.4, -0.2) is 38.4 Å². The van der Waals surface area contributed by atoms with Gasteiger partial charge in [-0.3, -0.25) is 10.1 Å². The molecule has 2 heterocycles. The molecule has 10 heteroatoms. The van der Waals surface area contributed by atoms with Gasteiger partial charge in [0.15, 0.2) is 5.69 Å². The van der Waals surface area contributed by atoms with Crippen LogP contribution >= 0.6 is 11.3 Å². The molecule has 0 atom stereocenters. The molecule has 2 aromatic heterocycles. The molecule has 118 valence electrons. The van der Waals surface area contributed by atoms with Gasteiger partial charge in [-0.2, -0.15) is 5.10 Å². The summed E-state index contributed by atoms with van der Waals surface area (Å²) in [6.45, 7) is 4.77.